The van der Waals surface area contributed by atoms with E-state index in [-0.39, 0.29) is 24.5 Å². The molecule has 2 unspecified atom stereocenters. The summed E-state index contributed by atoms with van der Waals surface area (Å²) in [6.45, 7) is 6.19. The summed E-state index contributed by atoms with van der Waals surface area (Å²) in [7, 11) is 4.65. The highest BCUT2D eigenvalue weighted by Gasteiger charge is 2.23. The predicted molar refractivity (Wildman–Crippen MR) is 118 cm³/mol. The number of nitrogens with one attached hydrogen (secondary N) is 1. The van der Waals surface area contributed by atoms with Gasteiger partial charge in [0.1, 0.15) is 5.82 Å². The Morgan fingerprint density at radius 3 is 2.23 bits per heavy atom. The molecule has 0 radical (unpaired) electrons. The van der Waals surface area contributed by atoms with Crippen LogP contribution in [0.5, 0.6) is 17.2 Å². The maximum atomic E-state index is 12.5. The summed E-state index contributed by atoms with van der Waals surface area (Å²) in [4.78, 5) is 19.3. The van der Waals surface area contributed by atoms with Gasteiger partial charge in [-0.25, -0.2) is 4.98 Å². The van der Waals surface area contributed by atoms with Crippen LogP contribution < -0.4 is 24.4 Å². The van der Waals surface area contributed by atoms with Gasteiger partial charge in [0.25, 0.3) is 0 Å². The Hall–Kier alpha value is -3.00. The van der Waals surface area contributed by atoms with E-state index < -0.39 is 0 Å². The third-order valence-corrected chi connectivity index (χ3v) is 5.13. The summed E-state index contributed by atoms with van der Waals surface area (Å²) in [5.41, 5.74) is 1.72. The van der Waals surface area contributed by atoms with Crippen molar-refractivity contribution in [3.8, 4) is 17.2 Å². The summed E-state index contributed by atoms with van der Waals surface area (Å²) in [6.07, 6.45) is 2.37. The molecular formula is C23H31N3O5. The van der Waals surface area contributed by atoms with Gasteiger partial charge < -0.3 is 29.2 Å². The highest BCUT2D eigenvalue weighted by atomic mass is 16.5. The fourth-order valence-electron chi connectivity index (χ4n) is 3.76. The minimum atomic E-state index is -0.103. The van der Waals surface area contributed by atoms with Crippen LogP contribution in [0.1, 0.15) is 25.0 Å². The third-order valence-electron chi connectivity index (χ3n) is 5.13. The van der Waals surface area contributed by atoms with E-state index in [2.05, 4.69) is 29.0 Å². The standard InChI is InChI=1S/C23H31N3O5/c1-15-13-26(14-16(2)31-15)21-7-6-17(11-24-21)12-25-22(27)10-18-8-19(28-3)23(30-5)20(9-18)29-4/h6-9,11,15-16H,10,12-14H2,1-5H3,(H,25,27). The lowest BCUT2D eigenvalue weighted by Crippen LogP contribution is -2.45. The molecule has 8 nitrogen and oxygen atoms in total. The molecule has 1 aliphatic heterocycles. The van der Waals surface area contributed by atoms with Crippen molar-refractivity contribution in [3.63, 3.8) is 0 Å². The quantitative estimate of drug-likeness (QED) is 0.691. The predicted octanol–water partition coefficient (Wildman–Crippen LogP) is 2.58. The zero-order valence-corrected chi connectivity index (χ0v) is 18.8. The zero-order valence-electron chi connectivity index (χ0n) is 18.8. The Bertz CT molecular complexity index is 852. The molecule has 0 saturated carbocycles. The molecule has 1 fully saturated rings. The summed E-state index contributed by atoms with van der Waals surface area (Å²) in [6, 6.07) is 7.54. The van der Waals surface area contributed by atoms with Crippen LogP contribution in [0.3, 0.4) is 0 Å². The smallest absolute Gasteiger partial charge is 0.224 e. The van der Waals surface area contributed by atoms with Crippen LogP contribution in [0, 0.1) is 0 Å². The SMILES string of the molecule is COc1cc(CC(=O)NCc2ccc(N3CC(C)OC(C)C3)nc2)cc(OC)c1OC. The molecule has 0 aliphatic carbocycles. The van der Waals surface area contributed by atoms with E-state index in [0.717, 1.165) is 30.0 Å². The number of hydrogen-bond donors (Lipinski definition) is 1. The monoisotopic (exact) mass is 429 g/mol. The minimum Gasteiger partial charge on any atom is -0.493 e. The fourth-order valence-corrected chi connectivity index (χ4v) is 3.76. The second kappa shape index (κ2) is 10.3. The molecule has 2 atom stereocenters. The molecule has 1 aliphatic rings. The number of ether oxygens (including phenoxy) is 4. The molecule has 1 amide bonds. The number of hydrogen-bond acceptors (Lipinski definition) is 7. The first-order chi connectivity index (χ1) is 14.9. The first kappa shape index (κ1) is 22.7. The van der Waals surface area contributed by atoms with Gasteiger partial charge in [-0.1, -0.05) is 6.07 Å². The van der Waals surface area contributed by atoms with Crippen LogP contribution in [0.25, 0.3) is 0 Å². The minimum absolute atomic E-state index is 0.103. The van der Waals surface area contributed by atoms with Gasteiger partial charge in [0.05, 0.1) is 40.0 Å². The van der Waals surface area contributed by atoms with E-state index in [4.69, 9.17) is 18.9 Å². The molecule has 1 aromatic carbocycles. The number of methoxy groups -OCH3 is 3. The molecule has 31 heavy (non-hydrogen) atoms. The molecule has 168 valence electrons. The first-order valence-corrected chi connectivity index (χ1v) is 10.3. The Balaban J connectivity index is 1.57. The highest BCUT2D eigenvalue weighted by molar-refractivity contribution is 5.79. The highest BCUT2D eigenvalue weighted by Crippen LogP contribution is 2.38. The number of aromatic nitrogens is 1. The van der Waals surface area contributed by atoms with Crippen molar-refractivity contribution in [2.24, 2.45) is 0 Å². The first-order valence-electron chi connectivity index (χ1n) is 10.3. The number of amides is 1. The van der Waals surface area contributed by atoms with Crippen LogP contribution in [0.2, 0.25) is 0 Å². The van der Waals surface area contributed by atoms with Gasteiger partial charge in [-0.3, -0.25) is 4.79 Å². The summed E-state index contributed by atoms with van der Waals surface area (Å²) >= 11 is 0. The van der Waals surface area contributed by atoms with Crippen molar-refractivity contribution in [2.75, 3.05) is 39.3 Å². The number of carbonyl (C=O) groups is 1. The number of anilines is 1. The molecule has 3 rings (SSSR count). The Labute approximate surface area is 183 Å². The van der Waals surface area contributed by atoms with Gasteiger partial charge in [-0.05, 0) is 43.2 Å². The van der Waals surface area contributed by atoms with E-state index >= 15 is 0 Å². The lowest BCUT2D eigenvalue weighted by molar-refractivity contribution is -0.120. The number of benzene rings is 1. The van der Waals surface area contributed by atoms with Gasteiger partial charge in [0, 0.05) is 25.8 Å². The molecular weight excluding hydrogens is 398 g/mol. The third kappa shape index (κ3) is 5.79. The van der Waals surface area contributed by atoms with Gasteiger partial charge >= 0.3 is 0 Å². The van der Waals surface area contributed by atoms with Crippen molar-refractivity contribution < 1.29 is 23.7 Å². The van der Waals surface area contributed by atoms with Crippen molar-refractivity contribution in [3.05, 3.63) is 41.6 Å². The maximum Gasteiger partial charge on any atom is 0.224 e. The van der Waals surface area contributed by atoms with Crippen molar-refractivity contribution >= 4 is 11.7 Å². The Kier molecular flexibility index (Phi) is 7.57. The van der Waals surface area contributed by atoms with Gasteiger partial charge in [0.15, 0.2) is 11.5 Å². The molecule has 1 aromatic heterocycles. The molecule has 8 heteroatoms. The summed E-state index contributed by atoms with van der Waals surface area (Å²) in [5.74, 6) is 2.38. The van der Waals surface area contributed by atoms with Crippen molar-refractivity contribution in [1.82, 2.24) is 10.3 Å². The van der Waals surface area contributed by atoms with E-state index in [1.165, 1.54) is 0 Å². The normalized spacial score (nSPS) is 18.4. The van der Waals surface area contributed by atoms with E-state index in [9.17, 15) is 4.79 Å². The average molecular weight is 430 g/mol. The van der Waals surface area contributed by atoms with Crippen molar-refractivity contribution in [1.29, 1.82) is 0 Å². The molecule has 2 aromatic rings. The molecule has 0 bridgehead atoms. The van der Waals surface area contributed by atoms with Crippen LogP contribution >= 0.6 is 0 Å². The summed E-state index contributed by atoms with van der Waals surface area (Å²) < 4.78 is 21.8. The largest absolute Gasteiger partial charge is 0.493 e. The lowest BCUT2D eigenvalue weighted by atomic mass is 10.1. The zero-order chi connectivity index (χ0) is 22.4. The summed E-state index contributed by atoms with van der Waals surface area (Å²) in [5, 5.41) is 2.94. The Morgan fingerprint density at radius 2 is 1.71 bits per heavy atom. The van der Waals surface area contributed by atoms with E-state index in [1.807, 2.05) is 12.1 Å². The second-order valence-corrected chi connectivity index (χ2v) is 7.67. The molecule has 2 heterocycles. The van der Waals surface area contributed by atoms with Gasteiger partial charge in [0.2, 0.25) is 11.7 Å². The van der Waals surface area contributed by atoms with Gasteiger partial charge in [-0.2, -0.15) is 0 Å². The fraction of sp³-hybridized carbons (Fsp3) is 0.478. The van der Waals surface area contributed by atoms with Gasteiger partial charge in [-0.15, -0.1) is 0 Å². The average Bonchev–Trinajstić information content (AvgIpc) is 2.76. The Morgan fingerprint density at radius 1 is 1.06 bits per heavy atom. The van der Waals surface area contributed by atoms with Crippen LogP contribution in [0.4, 0.5) is 5.82 Å². The van der Waals surface area contributed by atoms with Crippen LogP contribution in [0.15, 0.2) is 30.5 Å². The van der Waals surface area contributed by atoms with Crippen LogP contribution in [-0.4, -0.2) is 57.5 Å². The maximum absolute atomic E-state index is 12.5. The molecule has 1 N–H and O–H groups in total. The lowest BCUT2D eigenvalue weighted by Gasteiger charge is -2.36. The molecule has 1 saturated heterocycles. The van der Waals surface area contributed by atoms with Crippen LogP contribution in [-0.2, 0) is 22.5 Å². The number of pyridine rings is 1. The van der Waals surface area contributed by atoms with E-state index in [1.54, 1.807) is 39.7 Å². The number of carbonyl (C=O) groups excluding carboxylic acids is 1. The number of nitrogens with zero attached hydrogens (tertiary/aromatic N) is 2. The van der Waals surface area contributed by atoms with E-state index in [0.29, 0.717) is 23.8 Å². The topological polar surface area (TPSA) is 82.2 Å². The second-order valence-electron chi connectivity index (χ2n) is 7.67. The number of rotatable bonds is 8. The molecule has 0 spiro atoms. The van der Waals surface area contributed by atoms with Crippen molar-refractivity contribution in [2.45, 2.75) is 39.0 Å². The number of morpholine rings is 1.